The van der Waals surface area contributed by atoms with Crippen LogP contribution in [0.5, 0.6) is 0 Å². The Morgan fingerprint density at radius 1 is 0.880 bits per heavy atom. The first-order chi connectivity index (χ1) is 11.9. The van der Waals surface area contributed by atoms with E-state index >= 15 is 0 Å². The van der Waals surface area contributed by atoms with Crippen molar-refractivity contribution in [3.05, 3.63) is 35.1 Å². The van der Waals surface area contributed by atoms with Gasteiger partial charge in [0, 0.05) is 0 Å². The monoisotopic (exact) mass is 354 g/mol. The molecule has 0 atom stereocenters. The van der Waals surface area contributed by atoms with E-state index in [0.717, 1.165) is 37.5 Å². The summed E-state index contributed by atoms with van der Waals surface area (Å²) in [5.74, 6) is -2.78. The van der Waals surface area contributed by atoms with E-state index < -0.39 is 23.4 Å². The van der Waals surface area contributed by atoms with Gasteiger partial charge >= 0.3 is 5.97 Å². The van der Waals surface area contributed by atoms with E-state index in [4.69, 9.17) is 4.74 Å². The van der Waals surface area contributed by atoms with Crippen LogP contribution < -0.4 is 0 Å². The first-order valence-electron chi connectivity index (χ1n) is 9.29. The van der Waals surface area contributed by atoms with Gasteiger partial charge in [-0.05, 0) is 68.4 Å². The van der Waals surface area contributed by atoms with Crippen molar-refractivity contribution in [2.45, 2.75) is 64.4 Å². The van der Waals surface area contributed by atoms with Gasteiger partial charge in [-0.25, -0.2) is 18.0 Å². The van der Waals surface area contributed by atoms with Crippen LogP contribution in [0.15, 0.2) is 12.1 Å². The minimum absolute atomic E-state index is 0.220. The summed E-state index contributed by atoms with van der Waals surface area (Å²) in [4.78, 5) is 12.1. The van der Waals surface area contributed by atoms with Gasteiger partial charge in [0.2, 0.25) is 0 Å². The molecule has 0 unspecified atom stereocenters. The summed E-state index contributed by atoms with van der Waals surface area (Å²) in [5.41, 5.74) is -0.278. The molecule has 5 heteroatoms. The number of carbonyl (C=O) groups excluding carboxylic acids is 1. The molecule has 138 valence electrons. The SMILES string of the molecule is CC1CCC(C2CCC(OC(=O)c3cc(F)c(F)c(F)c3)CC2)CC1. The number of hydrogen-bond acceptors (Lipinski definition) is 2. The third kappa shape index (κ3) is 4.36. The lowest BCUT2D eigenvalue weighted by Crippen LogP contribution is -2.29. The van der Waals surface area contributed by atoms with Crippen molar-refractivity contribution in [3.8, 4) is 0 Å². The van der Waals surface area contributed by atoms with Crippen molar-refractivity contribution in [1.82, 2.24) is 0 Å². The van der Waals surface area contributed by atoms with Crippen LogP contribution in [0.3, 0.4) is 0 Å². The first-order valence-corrected chi connectivity index (χ1v) is 9.29. The molecule has 0 spiro atoms. The van der Waals surface area contributed by atoms with Gasteiger partial charge in [-0.3, -0.25) is 0 Å². The minimum atomic E-state index is -1.57. The Labute approximate surface area is 146 Å². The molecule has 2 nitrogen and oxygen atoms in total. The summed E-state index contributed by atoms with van der Waals surface area (Å²) in [7, 11) is 0. The van der Waals surface area contributed by atoms with Crippen molar-refractivity contribution in [1.29, 1.82) is 0 Å². The van der Waals surface area contributed by atoms with E-state index in [1.165, 1.54) is 25.7 Å². The minimum Gasteiger partial charge on any atom is -0.459 e. The molecule has 3 rings (SSSR count). The predicted molar refractivity (Wildman–Crippen MR) is 88.6 cm³/mol. The van der Waals surface area contributed by atoms with Gasteiger partial charge in [0.1, 0.15) is 6.10 Å². The molecule has 0 heterocycles. The lowest BCUT2D eigenvalue weighted by Gasteiger charge is -2.37. The normalized spacial score (nSPS) is 30.1. The fraction of sp³-hybridized carbons (Fsp3) is 0.650. The molecule has 2 aliphatic rings. The van der Waals surface area contributed by atoms with E-state index in [0.29, 0.717) is 18.1 Å². The highest BCUT2D eigenvalue weighted by molar-refractivity contribution is 5.89. The Morgan fingerprint density at radius 2 is 1.36 bits per heavy atom. The fourth-order valence-electron chi connectivity index (χ4n) is 4.33. The second kappa shape index (κ2) is 7.79. The molecule has 0 amide bonds. The van der Waals surface area contributed by atoms with Gasteiger partial charge in [0.15, 0.2) is 17.5 Å². The van der Waals surface area contributed by atoms with E-state index in [2.05, 4.69) is 6.92 Å². The second-order valence-corrected chi connectivity index (χ2v) is 7.72. The smallest absolute Gasteiger partial charge is 0.338 e. The predicted octanol–water partition coefficient (Wildman–Crippen LogP) is 5.65. The summed E-state index contributed by atoms with van der Waals surface area (Å²) in [6.45, 7) is 2.31. The number of esters is 1. The van der Waals surface area contributed by atoms with Gasteiger partial charge in [-0.15, -0.1) is 0 Å². The topological polar surface area (TPSA) is 26.3 Å². The van der Waals surface area contributed by atoms with Crippen LogP contribution in [-0.4, -0.2) is 12.1 Å². The number of halogens is 3. The average Bonchev–Trinajstić information content (AvgIpc) is 2.60. The molecular weight excluding hydrogens is 329 g/mol. The van der Waals surface area contributed by atoms with E-state index in [-0.39, 0.29) is 11.7 Å². The van der Waals surface area contributed by atoms with Crippen LogP contribution in [-0.2, 0) is 4.74 Å². The van der Waals surface area contributed by atoms with Gasteiger partial charge in [0.05, 0.1) is 5.56 Å². The molecule has 0 bridgehead atoms. The second-order valence-electron chi connectivity index (χ2n) is 7.72. The van der Waals surface area contributed by atoms with E-state index in [9.17, 15) is 18.0 Å². The highest BCUT2D eigenvalue weighted by Crippen LogP contribution is 2.40. The van der Waals surface area contributed by atoms with Crippen molar-refractivity contribution >= 4 is 5.97 Å². The van der Waals surface area contributed by atoms with Crippen molar-refractivity contribution in [2.75, 3.05) is 0 Å². The largest absolute Gasteiger partial charge is 0.459 e. The van der Waals surface area contributed by atoms with Crippen LogP contribution in [0.4, 0.5) is 13.2 Å². The van der Waals surface area contributed by atoms with Gasteiger partial charge in [-0.1, -0.05) is 19.8 Å². The summed E-state index contributed by atoms with van der Waals surface area (Å²) >= 11 is 0. The summed E-state index contributed by atoms with van der Waals surface area (Å²) < 4.78 is 44.8. The van der Waals surface area contributed by atoms with Crippen molar-refractivity contribution in [3.63, 3.8) is 0 Å². The highest BCUT2D eigenvalue weighted by Gasteiger charge is 2.31. The fourth-order valence-corrected chi connectivity index (χ4v) is 4.33. The molecule has 2 aliphatic carbocycles. The molecule has 2 saturated carbocycles. The zero-order valence-electron chi connectivity index (χ0n) is 14.6. The van der Waals surface area contributed by atoms with Crippen molar-refractivity contribution in [2.24, 2.45) is 17.8 Å². The summed E-state index contributed by atoms with van der Waals surface area (Å²) in [6.07, 6.45) is 8.62. The Balaban J connectivity index is 1.51. The van der Waals surface area contributed by atoms with Crippen LogP contribution in [0.1, 0.15) is 68.6 Å². The molecule has 0 aromatic heterocycles. The third-order valence-corrected chi connectivity index (χ3v) is 5.94. The molecule has 25 heavy (non-hydrogen) atoms. The van der Waals surface area contributed by atoms with Gasteiger partial charge in [0.25, 0.3) is 0 Å². The Morgan fingerprint density at radius 3 is 1.88 bits per heavy atom. The molecule has 0 N–H and O–H groups in total. The maximum Gasteiger partial charge on any atom is 0.338 e. The van der Waals surface area contributed by atoms with Gasteiger partial charge < -0.3 is 4.74 Å². The molecule has 0 aliphatic heterocycles. The number of ether oxygens (including phenoxy) is 1. The van der Waals surface area contributed by atoms with E-state index in [1.54, 1.807) is 0 Å². The lowest BCUT2D eigenvalue weighted by atomic mass is 9.71. The zero-order chi connectivity index (χ0) is 18.0. The van der Waals surface area contributed by atoms with Crippen LogP contribution in [0, 0.1) is 35.2 Å². The molecule has 1 aromatic rings. The number of benzene rings is 1. The number of rotatable bonds is 3. The quantitative estimate of drug-likeness (QED) is 0.518. The number of carbonyl (C=O) groups is 1. The summed E-state index contributed by atoms with van der Waals surface area (Å²) in [6, 6.07) is 1.38. The zero-order valence-corrected chi connectivity index (χ0v) is 14.6. The average molecular weight is 354 g/mol. The molecule has 0 saturated heterocycles. The van der Waals surface area contributed by atoms with Crippen LogP contribution in [0.2, 0.25) is 0 Å². The highest BCUT2D eigenvalue weighted by atomic mass is 19.2. The maximum absolute atomic E-state index is 13.2. The van der Waals surface area contributed by atoms with Crippen molar-refractivity contribution < 1.29 is 22.7 Å². The Bertz CT molecular complexity index is 592. The Kier molecular flexibility index (Phi) is 5.70. The lowest BCUT2D eigenvalue weighted by molar-refractivity contribution is 0.0110. The number of hydrogen-bond donors (Lipinski definition) is 0. The Hall–Kier alpha value is -1.52. The molecule has 1 aromatic carbocycles. The third-order valence-electron chi connectivity index (χ3n) is 5.94. The van der Waals surface area contributed by atoms with Crippen LogP contribution >= 0.6 is 0 Å². The first kappa shape index (κ1) is 18.3. The van der Waals surface area contributed by atoms with Crippen LogP contribution in [0.25, 0.3) is 0 Å². The van der Waals surface area contributed by atoms with Gasteiger partial charge in [-0.2, -0.15) is 0 Å². The standard InChI is InChI=1S/C20H25F3O2/c1-12-2-4-13(5-3-12)14-6-8-16(9-7-14)25-20(24)15-10-17(21)19(23)18(22)11-15/h10-14,16H,2-9H2,1H3. The molecular formula is C20H25F3O2. The molecule has 0 radical (unpaired) electrons. The molecule has 2 fully saturated rings. The van der Waals surface area contributed by atoms with E-state index in [1.807, 2.05) is 0 Å². The maximum atomic E-state index is 13.2. The summed E-state index contributed by atoms with van der Waals surface area (Å²) in [5, 5.41) is 0.